The average Bonchev–Trinajstić information content (AvgIpc) is 2.35. The van der Waals surface area contributed by atoms with E-state index in [0.717, 1.165) is 0 Å². The third-order valence-corrected chi connectivity index (χ3v) is 4.38. The van der Waals surface area contributed by atoms with Gasteiger partial charge in [-0.2, -0.15) is 0 Å². The van der Waals surface area contributed by atoms with Crippen molar-refractivity contribution in [3.8, 4) is 0 Å². The van der Waals surface area contributed by atoms with E-state index in [4.69, 9.17) is 0 Å². The van der Waals surface area contributed by atoms with E-state index in [0.29, 0.717) is 0 Å². The summed E-state index contributed by atoms with van der Waals surface area (Å²) in [5.74, 6) is 0. The molecule has 0 amide bonds. The molecule has 0 radical (unpaired) electrons. The van der Waals surface area contributed by atoms with Gasteiger partial charge in [-0.15, -0.1) is 8.58 Å². The Balaban J connectivity index is 2.85. The second-order valence-electron chi connectivity index (χ2n) is 5.35. The van der Waals surface area contributed by atoms with Gasteiger partial charge < -0.3 is 0 Å². The molecular weight excluding hydrogens is 223 g/mol. The fourth-order valence-corrected chi connectivity index (χ4v) is 2.92. The molecule has 0 aromatic carbocycles. The molecule has 0 spiro atoms. The van der Waals surface area contributed by atoms with E-state index in [-0.39, 0.29) is 0 Å². The summed E-state index contributed by atoms with van der Waals surface area (Å²) in [6.45, 7) is 4.61. The van der Waals surface area contributed by atoms with Gasteiger partial charge in [-0.1, -0.05) is 84.0 Å². The number of unbranched alkanes of at least 4 members (excludes halogenated alkanes) is 12. The number of hydrogen-bond donors (Lipinski definition) is 0. The molecule has 0 saturated carbocycles. The summed E-state index contributed by atoms with van der Waals surface area (Å²) in [5.41, 5.74) is 0. The van der Waals surface area contributed by atoms with Gasteiger partial charge in [-0.05, 0) is 19.2 Å². The topological polar surface area (TPSA) is 0 Å². The van der Waals surface area contributed by atoms with Crippen LogP contribution in [-0.2, 0) is 0 Å². The maximum absolute atomic E-state index is 2.32. The van der Waals surface area contributed by atoms with Crippen LogP contribution in [0.4, 0.5) is 0 Å². The zero-order valence-electron chi connectivity index (χ0n) is 12.4. The lowest BCUT2D eigenvalue weighted by Gasteiger charge is -2.02. The zero-order valence-corrected chi connectivity index (χ0v) is 13.4. The first-order chi connectivity index (χ1) is 8.41. The third kappa shape index (κ3) is 16.4. The van der Waals surface area contributed by atoms with Crippen molar-refractivity contribution < 1.29 is 0 Å². The van der Waals surface area contributed by atoms with E-state index in [9.17, 15) is 0 Å². The number of hydrogen-bond acceptors (Lipinski definition) is 0. The van der Waals surface area contributed by atoms with E-state index in [1.54, 1.807) is 0 Å². The predicted octanol–water partition coefficient (Wildman–Crippen LogP) is 6.39. The van der Waals surface area contributed by atoms with Crippen molar-refractivity contribution in [2.45, 2.75) is 90.4 Å². The van der Waals surface area contributed by atoms with E-state index >= 15 is 0 Å². The molecule has 1 unspecified atom stereocenters. The van der Waals surface area contributed by atoms with Crippen LogP contribution in [0.25, 0.3) is 0 Å². The molecule has 0 bridgehead atoms. The van der Waals surface area contributed by atoms with Crippen LogP contribution in [0.3, 0.4) is 0 Å². The Bertz CT molecular complexity index is 109. The smallest absolute Gasteiger partial charge is 0.0356 e. The van der Waals surface area contributed by atoms with Gasteiger partial charge in [0.05, 0.1) is 0 Å². The molecule has 0 aliphatic carbocycles. The molecule has 0 fully saturated rings. The highest BCUT2D eigenvalue weighted by atomic mass is 31.1. The van der Waals surface area contributed by atoms with Gasteiger partial charge in [0.2, 0.25) is 0 Å². The van der Waals surface area contributed by atoms with Gasteiger partial charge >= 0.3 is 0 Å². The highest BCUT2D eigenvalue weighted by Crippen LogP contribution is 2.13. The average molecular weight is 258 g/mol. The zero-order chi connectivity index (χ0) is 12.6. The van der Waals surface area contributed by atoms with Crippen molar-refractivity contribution in [2.75, 3.05) is 12.8 Å². The van der Waals surface area contributed by atoms with E-state index < -0.39 is 0 Å². The standard InChI is InChI=1S/C16H35P/c1-3-4-5-6-7-8-9-10-11-12-13-14-15-16-17-2/h17H,3-16H2,1-2H3. The van der Waals surface area contributed by atoms with Gasteiger partial charge in [0, 0.05) is 0 Å². The normalized spacial score (nSPS) is 11.6. The van der Waals surface area contributed by atoms with Gasteiger partial charge in [-0.3, -0.25) is 0 Å². The van der Waals surface area contributed by atoms with Gasteiger partial charge in [-0.25, -0.2) is 0 Å². The Hall–Kier alpha value is 0.430. The molecule has 0 nitrogen and oxygen atoms in total. The molecule has 17 heavy (non-hydrogen) atoms. The maximum Gasteiger partial charge on any atom is -0.0356 e. The molecule has 0 saturated heterocycles. The summed E-state index contributed by atoms with van der Waals surface area (Å²) in [7, 11) is 1.17. The van der Waals surface area contributed by atoms with Crippen molar-refractivity contribution in [2.24, 2.45) is 0 Å². The SMILES string of the molecule is CCCCCCCCCCCCCCCPC. The van der Waals surface area contributed by atoms with Crippen LogP contribution < -0.4 is 0 Å². The summed E-state index contributed by atoms with van der Waals surface area (Å²) in [6.07, 6.45) is 20.6. The van der Waals surface area contributed by atoms with E-state index in [1.807, 2.05) is 0 Å². The highest BCUT2D eigenvalue weighted by Gasteiger charge is 1.93. The Morgan fingerprint density at radius 1 is 0.529 bits per heavy atom. The molecule has 0 N–H and O–H groups in total. The van der Waals surface area contributed by atoms with Crippen molar-refractivity contribution >= 4 is 8.58 Å². The van der Waals surface area contributed by atoms with Crippen LogP contribution in [0.15, 0.2) is 0 Å². The van der Waals surface area contributed by atoms with Crippen LogP contribution in [0, 0.1) is 0 Å². The quantitative estimate of drug-likeness (QED) is 0.250. The lowest BCUT2D eigenvalue weighted by Crippen LogP contribution is -1.83. The predicted molar refractivity (Wildman–Crippen MR) is 84.8 cm³/mol. The maximum atomic E-state index is 2.32. The first-order valence-corrected chi connectivity index (χ1v) is 9.77. The van der Waals surface area contributed by atoms with Crippen LogP contribution in [0.1, 0.15) is 90.4 Å². The van der Waals surface area contributed by atoms with E-state index in [1.165, 1.54) is 98.2 Å². The van der Waals surface area contributed by atoms with Gasteiger partial charge in [0.25, 0.3) is 0 Å². The minimum atomic E-state index is 1.17. The lowest BCUT2D eigenvalue weighted by molar-refractivity contribution is 0.543. The molecule has 104 valence electrons. The summed E-state index contributed by atoms with van der Waals surface area (Å²) < 4.78 is 0. The summed E-state index contributed by atoms with van der Waals surface area (Å²) >= 11 is 0. The fraction of sp³-hybridized carbons (Fsp3) is 1.00. The molecule has 0 aromatic rings. The molecule has 0 aliphatic rings. The summed E-state index contributed by atoms with van der Waals surface area (Å²) in [6, 6.07) is 0. The first-order valence-electron chi connectivity index (χ1n) is 8.06. The Labute approximate surface area is 112 Å². The first kappa shape index (κ1) is 17.4. The second kappa shape index (κ2) is 16.4. The number of rotatable bonds is 14. The molecular formula is C16H35P. The summed E-state index contributed by atoms with van der Waals surface area (Å²) in [5, 5.41) is 0. The molecule has 0 rings (SSSR count). The minimum Gasteiger partial charge on any atom is -0.125 e. The van der Waals surface area contributed by atoms with E-state index in [2.05, 4.69) is 13.6 Å². The third-order valence-electron chi connectivity index (χ3n) is 3.53. The lowest BCUT2D eigenvalue weighted by atomic mass is 10.1. The molecule has 0 heterocycles. The van der Waals surface area contributed by atoms with Crippen molar-refractivity contribution in [3.05, 3.63) is 0 Å². The summed E-state index contributed by atoms with van der Waals surface area (Å²) in [4.78, 5) is 0. The monoisotopic (exact) mass is 258 g/mol. The van der Waals surface area contributed by atoms with Gasteiger partial charge in [0.15, 0.2) is 0 Å². The van der Waals surface area contributed by atoms with Crippen molar-refractivity contribution in [1.29, 1.82) is 0 Å². The largest absolute Gasteiger partial charge is 0.125 e. The second-order valence-corrected chi connectivity index (χ2v) is 6.55. The molecule has 0 aromatic heterocycles. The van der Waals surface area contributed by atoms with Crippen LogP contribution >= 0.6 is 8.58 Å². The van der Waals surface area contributed by atoms with Gasteiger partial charge in [0.1, 0.15) is 0 Å². The Morgan fingerprint density at radius 3 is 1.24 bits per heavy atom. The Kier molecular flexibility index (Phi) is 16.8. The molecule has 0 aliphatic heterocycles. The molecule has 1 heteroatoms. The van der Waals surface area contributed by atoms with Crippen LogP contribution in [0.5, 0.6) is 0 Å². The van der Waals surface area contributed by atoms with Crippen molar-refractivity contribution in [3.63, 3.8) is 0 Å². The fourth-order valence-electron chi connectivity index (χ4n) is 2.32. The van der Waals surface area contributed by atoms with Crippen LogP contribution in [0.2, 0.25) is 0 Å². The minimum absolute atomic E-state index is 1.17. The van der Waals surface area contributed by atoms with Crippen molar-refractivity contribution in [1.82, 2.24) is 0 Å². The highest BCUT2D eigenvalue weighted by molar-refractivity contribution is 7.36. The Morgan fingerprint density at radius 2 is 0.882 bits per heavy atom. The molecule has 1 atom stereocenters. The van der Waals surface area contributed by atoms with Crippen LogP contribution in [-0.4, -0.2) is 12.8 Å².